The topological polar surface area (TPSA) is 46.2 Å². The van der Waals surface area contributed by atoms with Crippen molar-refractivity contribution in [1.29, 1.82) is 0 Å². The predicted molar refractivity (Wildman–Crippen MR) is 62.7 cm³/mol. The Bertz CT molecular complexity index is 328. The minimum atomic E-state index is 0. The third-order valence-corrected chi connectivity index (χ3v) is 2.97. The number of aromatic hydroxyl groups is 1. The maximum atomic E-state index is 9.63. The van der Waals surface area contributed by atoms with Gasteiger partial charge in [-0.25, -0.2) is 0 Å². The van der Waals surface area contributed by atoms with E-state index in [0.717, 1.165) is 10.0 Å². The molecule has 1 aromatic carbocycles. The van der Waals surface area contributed by atoms with E-state index in [1.54, 1.807) is 6.07 Å². The summed E-state index contributed by atoms with van der Waals surface area (Å²) in [7, 11) is 0. The Labute approximate surface area is 98.0 Å². The summed E-state index contributed by atoms with van der Waals surface area (Å²) in [6.07, 6.45) is 2.38. The van der Waals surface area contributed by atoms with Crippen molar-refractivity contribution in [1.82, 2.24) is 0 Å². The molecule has 1 aliphatic carbocycles. The van der Waals surface area contributed by atoms with E-state index < -0.39 is 0 Å². The van der Waals surface area contributed by atoms with Gasteiger partial charge in [0, 0.05) is 16.1 Å². The van der Waals surface area contributed by atoms with Crippen molar-refractivity contribution >= 4 is 28.3 Å². The van der Waals surface area contributed by atoms with Crippen LogP contribution in [0.4, 0.5) is 0 Å². The van der Waals surface area contributed by atoms with Gasteiger partial charge in [0.1, 0.15) is 5.75 Å². The molecule has 0 bridgehead atoms. The first-order valence-electron chi connectivity index (χ1n) is 4.42. The second-order valence-electron chi connectivity index (χ2n) is 3.57. The second kappa shape index (κ2) is 4.51. The maximum absolute atomic E-state index is 9.63. The number of hydrogen-bond donors (Lipinski definition) is 2. The average molecular weight is 279 g/mol. The molecule has 3 N–H and O–H groups in total. The van der Waals surface area contributed by atoms with Crippen molar-refractivity contribution in [2.24, 2.45) is 11.7 Å². The lowest BCUT2D eigenvalue weighted by Gasteiger charge is -2.12. The first kappa shape index (κ1) is 11.8. The monoisotopic (exact) mass is 277 g/mol. The molecule has 4 heteroatoms. The van der Waals surface area contributed by atoms with E-state index in [0.29, 0.717) is 11.7 Å². The highest BCUT2D eigenvalue weighted by molar-refractivity contribution is 9.10. The highest BCUT2D eigenvalue weighted by Gasteiger charge is 2.30. The molecule has 1 aromatic rings. The van der Waals surface area contributed by atoms with Crippen molar-refractivity contribution in [3.8, 4) is 5.75 Å². The van der Waals surface area contributed by atoms with Gasteiger partial charge in [-0.15, -0.1) is 12.4 Å². The summed E-state index contributed by atoms with van der Waals surface area (Å²) in [6.45, 7) is 0. The number of hydrogen-bond acceptors (Lipinski definition) is 2. The molecular formula is C10H13BrClNO. The first-order valence-corrected chi connectivity index (χ1v) is 5.22. The third-order valence-electron chi connectivity index (χ3n) is 2.48. The van der Waals surface area contributed by atoms with Gasteiger partial charge in [-0.2, -0.15) is 0 Å². The van der Waals surface area contributed by atoms with Crippen LogP contribution in [0.25, 0.3) is 0 Å². The number of benzene rings is 1. The van der Waals surface area contributed by atoms with Crippen molar-refractivity contribution in [3.63, 3.8) is 0 Å². The molecule has 0 aliphatic heterocycles. The van der Waals surface area contributed by atoms with Crippen LogP contribution >= 0.6 is 28.3 Å². The molecule has 0 unspecified atom stereocenters. The van der Waals surface area contributed by atoms with E-state index >= 15 is 0 Å². The molecule has 78 valence electrons. The molecule has 0 amide bonds. The van der Waals surface area contributed by atoms with Gasteiger partial charge in [-0.3, -0.25) is 0 Å². The smallest absolute Gasteiger partial charge is 0.121 e. The van der Waals surface area contributed by atoms with Gasteiger partial charge in [0.05, 0.1) is 0 Å². The zero-order valence-corrected chi connectivity index (χ0v) is 10.0. The van der Waals surface area contributed by atoms with Crippen LogP contribution in [0.5, 0.6) is 5.75 Å². The van der Waals surface area contributed by atoms with Gasteiger partial charge in [-0.1, -0.05) is 22.0 Å². The molecule has 1 saturated carbocycles. The Morgan fingerprint density at radius 1 is 1.43 bits per heavy atom. The molecule has 0 radical (unpaired) electrons. The number of nitrogens with two attached hydrogens (primary N) is 1. The van der Waals surface area contributed by atoms with Crippen LogP contribution < -0.4 is 5.73 Å². The highest BCUT2D eigenvalue weighted by Crippen LogP contribution is 2.42. The van der Waals surface area contributed by atoms with Gasteiger partial charge >= 0.3 is 0 Å². The van der Waals surface area contributed by atoms with E-state index in [-0.39, 0.29) is 18.4 Å². The van der Waals surface area contributed by atoms with Crippen LogP contribution in [0.2, 0.25) is 0 Å². The van der Waals surface area contributed by atoms with Gasteiger partial charge in [0.15, 0.2) is 0 Å². The van der Waals surface area contributed by atoms with Crippen molar-refractivity contribution in [2.75, 3.05) is 0 Å². The molecule has 1 atom stereocenters. The van der Waals surface area contributed by atoms with Crippen LogP contribution in [0, 0.1) is 5.92 Å². The summed E-state index contributed by atoms with van der Waals surface area (Å²) >= 11 is 3.30. The van der Waals surface area contributed by atoms with E-state index in [1.165, 1.54) is 12.8 Å². The fraction of sp³-hybridized carbons (Fsp3) is 0.400. The van der Waals surface area contributed by atoms with Crippen molar-refractivity contribution < 1.29 is 5.11 Å². The summed E-state index contributed by atoms with van der Waals surface area (Å²) in [4.78, 5) is 0. The Balaban J connectivity index is 0.000000980. The summed E-state index contributed by atoms with van der Waals surface area (Å²) < 4.78 is 0.886. The van der Waals surface area contributed by atoms with Crippen molar-refractivity contribution in [2.45, 2.75) is 18.9 Å². The van der Waals surface area contributed by atoms with Gasteiger partial charge in [-0.05, 0) is 30.9 Å². The van der Waals surface area contributed by atoms with Crippen LogP contribution in [-0.4, -0.2) is 5.11 Å². The third kappa shape index (κ3) is 2.41. The molecule has 0 spiro atoms. The molecule has 1 aliphatic rings. The normalized spacial score (nSPS) is 17.3. The molecule has 0 aromatic heterocycles. The zero-order valence-electron chi connectivity index (χ0n) is 7.61. The Morgan fingerprint density at radius 2 is 2.07 bits per heavy atom. The molecule has 0 saturated heterocycles. The number of halogens is 2. The highest BCUT2D eigenvalue weighted by atomic mass is 79.9. The van der Waals surface area contributed by atoms with Crippen LogP contribution in [0.1, 0.15) is 24.4 Å². The van der Waals surface area contributed by atoms with Crippen molar-refractivity contribution in [3.05, 3.63) is 28.2 Å². The molecular weight excluding hydrogens is 265 g/mol. The molecule has 0 heterocycles. The molecule has 14 heavy (non-hydrogen) atoms. The van der Waals surface area contributed by atoms with Gasteiger partial charge in [0.2, 0.25) is 0 Å². The molecule has 2 rings (SSSR count). The lowest BCUT2D eigenvalue weighted by atomic mass is 10.0. The number of rotatable bonds is 2. The average Bonchev–Trinajstić information content (AvgIpc) is 2.85. The minimum absolute atomic E-state index is 0. The number of phenols is 1. The zero-order chi connectivity index (χ0) is 9.42. The quantitative estimate of drug-likeness (QED) is 0.873. The fourth-order valence-corrected chi connectivity index (χ4v) is 1.86. The maximum Gasteiger partial charge on any atom is 0.121 e. The van der Waals surface area contributed by atoms with Crippen LogP contribution in [-0.2, 0) is 0 Å². The second-order valence-corrected chi connectivity index (χ2v) is 4.48. The standard InChI is InChI=1S/C10H12BrNO.ClH/c11-7-3-4-8(9(13)5-7)10(12)6-1-2-6;/h3-6,10,13H,1-2,12H2;1H/t10-;/m1./s1. The van der Waals surface area contributed by atoms with E-state index in [1.807, 2.05) is 12.1 Å². The summed E-state index contributed by atoms with van der Waals surface area (Å²) in [6, 6.07) is 5.50. The summed E-state index contributed by atoms with van der Waals surface area (Å²) in [5.41, 5.74) is 6.84. The summed E-state index contributed by atoms with van der Waals surface area (Å²) in [5.74, 6) is 0.876. The van der Waals surface area contributed by atoms with Gasteiger partial charge in [0.25, 0.3) is 0 Å². The lowest BCUT2D eigenvalue weighted by molar-refractivity contribution is 0.456. The van der Waals surface area contributed by atoms with Crippen LogP contribution in [0.15, 0.2) is 22.7 Å². The largest absolute Gasteiger partial charge is 0.508 e. The van der Waals surface area contributed by atoms with E-state index in [4.69, 9.17) is 5.73 Å². The Hall–Kier alpha value is -0.250. The molecule has 2 nitrogen and oxygen atoms in total. The lowest BCUT2D eigenvalue weighted by Crippen LogP contribution is -2.12. The van der Waals surface area contributed by atoms with Crippen LogP contribution in [0.3, 0.4) is 0 Å². The molecule has 1 fully saturated rings. The SMILES string of the molecule is Cl.N[C@@H](c1ccc(Br)cc1O)C1CC1. The van der Waals surface area contributed by atoms with E-state index in [2.05, 4.69) is 15.9 Å². The Kier molecular flexibility index (Phi) is 3.81. The van der Waals surface area contributed by atoms with E-state index in [9.17, 15) is 5.11 Å². The first-order chi connectivity index (χ1) is 6.18. The Morgan fingerprint density at radius 3 is 2.57 bits per heavy atom. The fourth-order valence-electron chi connectivity index (χ4n) is 1.51. The predicted octanol–water partition coefficient (Wildman–Crippen LogP) is 2.99. The summed E-state index contributed by atoms with van der Waals surface area (Å²) in [5, 5.41) is 9.63. The van der Waals surface area contributed by atoms with Gasteiger partial charge < -0.3 is 10.8 Å². The minimum Gasteiger partial charge on any atom is -0.508 e. The number of phenolic OH excluding ortho intramolecular Hbond substituents is 1.